The van der Waals surface area contributed by atoms with E-state index >= 15 is 0 Å². The Bertz CT molecular complexity index is 1350. The van der Waals surface area contributed by atoms with E-state index in [4.69, 9.17) is 37.9 Å². The first-order valence-corrected chi connectivity index (χ1v) is 13.1. The smallest absolute Gasteiger partial charge is 0.337 e. The Morgan fingerprint density at radius 2 is 1.26 bits per heavy atom. The number of benzene rings is 2. The van der Waals surface area contributed by atoms with Gasteiger partial charge in [0, 0.05) is 38.8 Å². The Labute approximate surface area is 248 Å². The Morgan fingerprint density at radius 1 is 0.698 bits per heavy atom. The summed E-state index contributed by atoms with van der Waals surface area (Å²) in [7, 11) is 4.16. The zero-order valence-electron chi connectivity index (χ0n) is 24.9. The third-order valence-corrected chi connectivity index (χ3v) is 6.47. The number of carbonyl (C=O) groups is 5. The molecule has 1 heterocycles. The van der Waals surface area contributed by atoms with Crippen LogP contribution in [0.3, 0.4) is 0 Å². The summed E-state index contributed by atoms with van der Waals surface area (Å²) < 4.78 is 44.2. The lowest BCUT2D eigenvalue weighted by Gasteiger charge is -2.44. The summed E-state index contributed by atoms with van der Waals surface area (Å²) in [6.07, 6.45) is -6.31. The third-order valence-electron chi connectivity index (χ3n) is 6.47. The van der Waals surface area contributed by atoms with E-state index in [0.717, 1.165) is 20.8 Å². The molecule has 0 amide bonds. The van der Waals surface area contributed by atoms with Gasteiger partial charge in [0.2, 0.25) is 0 Å². The third kappa shape index (κ3) is 8.01. The largest absolute Gasteiger partial charge is 0.496 e. The Morgan fingerprint density at radius 3 is 1.77 bits per heavy atom. The van der Waals surface area contributed by atoms with Gasteiger partial charge in [-0.1, -0.05) is 12.1 Å². The fraction of sp³-hybridized carbons (Fsp3) is 0.433. The van der Waals surface area contributed by atoms with Gasteiger partial charge in [-0.15, -0.1) is 0 Å². The molecule has 13 nitrogen and oxygen atoms in total. The predicted octanol–water partition coefficient (Wildman–Crippen LogP) is 2.96. The molecule has 2 aromatic rings. The SMILES string of the molecule is COC(=O)c1ccc(-c2cc(OC)c([C@@H]3O[C@H](COC(C)=O)[C@H](OC(C)=O)[C@H](OC(C)=O)[C@H]3OC(C)=O)cc2OC)cc1. The summed E-state index contributed by atoms with van der Waals surface area (Å²) in [4.78, 5) is 60.1. The van der Waals surface area contributed by atoms with Crippen molar-refractivity contribution < 1.29 is 61.9 Å². The first-order valence-electron chi connectivity index (χ1n) is 13.1. The zero-order chi connectivity index (χ0) is 31.8. The van der Waals surface area contributed by atoms with Crippen LogP contribution in [0.25, 0.3) is 11.1 Å². The molecule has 2 aromatic carbocycles. The van der Waals surface area contributed by atoms with Gasteiger partial charge >= 0.3 is 29.8 Å². The van der Waals surface area contributed by atoms with Crippen LogP contribution in [0.2, 0.25) is 0 Å². The lowest BCUT2D eigenvalue weighted by atomic mass is 9.88. The van der Waals surface area contributed by atoms with Crippen molar-refractivity contribution in [3.05, 3.63) is 47.5 Å². The highest BCUT2D eigenvalue weighted by Gasteiger charge is 2.53. The summed E-state index contributed by atoms with van der Waals surface area (Å²) in [6, 6.07) is 9.87. The van der Waals surface area contributed by atoms with Gasteiger partial charge < -0.3 is 37.9 Å². The number of carbonyl (C=O) groups excluding carboxylic acids is 5. The van der Waals surface area contributed by atoms with Gasteiger partial charge in [-0.3, -0.25) is 19.2 Å². The number of esters is 5. The normalized spacial score (nSPS) is 21.1. The molecule has 1 saturated heterocycles. The molecule has 43 heavy (non-hydrogen) atoms. The standard InChI is InChI=1S/C30H34O13/c1-15(31)39-14-25-27(40-16(2)32)29(42-18(4)34)28(41-17(3)33)26(43-25)22-13-23(36-5)21(12-24(22)37-6)19-8-10-20(11-9-19)30(35)38-7/h8-13,25-29H,14H2,1-7H3/t25-,26+,27+,28+,29+/m1/s1. The second-order valence-electron chi connectivity index (χ2n) is 9.48. The molecule has 5 atom stereocenters. The second kappa shape index (κ2) is 14.5. The van der Waals surface area contributed by atoms with Crippen LogP contribution in [-0.2, 0) is 47.6 Å². The molecule has 0 spiro atoms. The number of hydrogen-bond acceptors (Lipinski definition) is 13. The Hall–Kier alpha value is -4.65. The molecule has 1 fully saturated rings. The van der Waals surface area contributed by atoms with Gasteiger partial charge in [-0.05, 0) is 29.8 Å². The first kappa shape index (κ1) is 32.9. The minimum Gasteiger partial charge on any atom is -0.496 e. The van der Waals surface area contributed by atoms with Crippen LogP contribution in [-0.4, -0.2) is 82.2 Å². The first-order chi connectivity index (χ1) is 20.4. The molecule has 0 bridgehead atoms. The number of methoxy groups -OCH3 is 3. The molecule has 1 aliphatic heterocycles. The summed E-state index contributed by atoms with van der Waals surface area (Å²) in [5, 5.41) is 0. The van der Waals surface area contributed by atoms with Crippen molar-refractivity contribution in [1.29, 1.82) is 0 Å². The van der Waals surface area contributed by atoms with E-state index in [2.05, 4.69) is 0 Å². The number of rotatable bonds is 10. The molecule has 13 heteroatoms. The van der Waals surface area contributed by atoms with Gasteiger partial charge in [0.15, 0.2) is 18.3 Å². The van der Waals surface area contributed by atoms with E-state index in [1.165, 1.54) is 28.3 Å². The van der Waals surface area contributed by atoms with Crippen molar-refractivity contribution in [3.63, 3.8) is 0 Å². The highest BCUT2D eigenvalue weighted by atomic mass is 16.7. The van der Waals surface area contributed by atoms with Gasteiger partial charge in [0.05, 0.1) is 26.9 Å². The highest BCUT2D eigenvalue weighted by molar-refractivity contribution is 5.90. The van der Waals surface area contributed by atoms with Gasteiger partial charge in [-0.2, -0.15) is 0 Å². The van der Waals surface area contributed by atoms with E-state index in [0.29, 0.717) is 28.0 Å². The fourth-order valence-corrected chi connectivity index (χ4v) is 4.75. The van der Waals surface area contributed by atoms with Crippen LogP contribution in [0.5, 0.6) is 11.5 Å². The predicted molar refractivity (Wildman–Crippen MR) is 147 cm³/mol. The molecule has 0 aliphatic carbocycles. The monoisotopic (exact) mass is 602 g/mol. The summed E-state index contributed by atoms with van der Waals surface area (Å²) >= 11 is 0. The molecule has 0 N–H and O–H groups in total. The molecule has 232 valence electrons. The zero-order valence-corrected chi connectivity index (χ0v) is 24.9. The quantitative estimate of drug-likeness (QED) is 0.289. The average Bonchev–Trinajstić information content (AvgIpc) is 2.96. The molecular weight excluding hydrogens is 568 g/mol. The van der Waals surface area contributed by atoms with Crippen molar-refractivity contribution in [2.75, 3.05) is 27.9 Å². The van der Waals surface area contributed by atoms with Gasteiger partial charge in [0.1, 0.15) is 30.3 Å². The molecule has 3 rings (SSSR count). The van der Waals surface area contributed by atoms with Crippen molar-refractivity contribution in [2.24, 2.45) is 0 Å². The fourth-order valence-electron chi connectivity index (χ4n) is 4.75. The highest BCUT2D eigenvalue weighted by Crippen LogP contribution is 2.45. The van der Waals surface area contributed by atoms with Crippen molar-refractivity contribution in [2.45, 2.75) is 58.2 Å². The lowest BCUT2D eigenvalue weighted by molar-refractivity contribution is -0.254. The minimum atomic E-state index is -1.36. The van der Waals surface area contributed by atoms with E-state index in [1.807, 2.05) is 0 Å². The topological polar surface area (TPSA) is 159 Å². The minimum absolute atomic E-state index is 0.272. The summed E-state index contributed by atoms with van der Waals surface area (Å²) in [6.45, 7) is 4.26. The van der Waals surface area contributed by atoms with E-state index in [9.17, 15) is 24.0 Å². The molecular formula is C30H34O13. The summed E-state index contributed by atoms with van der Waals surface area (Å²) in [5.41, 5.74) is 1.94. The Balaban J connectivity index is 2.19. The van der Waals surface area contributed by atoms with Crippen LogP contribution in [0, 0.1) is 0 Å². The molecule has 0 unspecified atom stereocenters. The van der Waals surface area contributed by atoms with Crippen LogP contribution in [0.1, 0.15) is 49.7 Å². The van der Waals surface area contributed by atoms with Crippen LogP contribution < -0.4 is 9.47 Å². The van der Waals surface area contributed by atoms with Gasteiger partial charge in [0.25, 0.3) is 0 Å². The lowest BCUT2D eigenvalue weighted by Crippen LogP contribution is -2.59. The maximum atomic E-state index is 12.3. The molecule has 0 radical (unpaired) electrons. The van der Waals surface area contributed by atoms with Crippen molar-refractivity contribution in [1.82, 2.24) is 0 Å². The second-order valence-corrected chi connectivity index (χ2v) is 9.48. The average molecular weight is 603 g/mol. The molecule has 0 saturated carbocycles. The van der Waals surface area contributed by atoms with E-state index in [1.54, 1.807) is 36.4 Å². The number of ether oxygens (including phenoxy) is 8. The maximum Gasteiger partial charge on any atom is 0.337 e. The van der Waals surface area contributed by atoms with Crippen LogP contribution in [0.15, 0.2) is 36.4 Å². The van der Waals surface area contributed by atoms with Crippen molar-refractivity contribution >= 4 is 29.8 Å². The van der Waals surface area contributed by atoms with Crippen LogP contribution in [0.4, 0.5) is 0 Å². The van der Waals surface area contributed by atoms with E-state index in [-0.39, 0.29) is 12.4 Å². The molecule has 1 aliphatic rings. The van der Waals surface area contributed by atoms with Crippen molar-refractivity contribution in [3.8, 4) is 22.6 Å². The van der Waals surface area contributed by atoms with E-state index < -0.39 is 60.4 Å². The van der Waals surface area contributed by atoms with Crippen LogP contribution >= 0.6 is 0 Å². The summed E-state index contributed by atoms with van der Waals surface area (Å²) in [5.74, 6) is -2.71. The molecule has 0 aromatic heterocycles. The van der Waals surface area contributed by atoms with Gasteiger partial charge in [-0.25, -0.2) is 4.79 Å². The maximum absolute atomic E-state index is 12.3. The Kier molecular flexibility index (Phi) is 11.1. The number of hydrogen-bond donors (Lipinski definition) is 0.